The first-order chi connectivity index (χ1) is 5.82. The lowest BCUT2D eigenvalue weighted by Gasteiger charge is -2.17. The van der Waals surface area contributed by atoms with Gasteiger partial charge in [0.05, 0.1) is 0 Å². The van der Waals surface area contributed by atoms with Crippen LogP contribution in [0.4, 0.5) is 0 Å². The quantitative estimate of drug-likeness (QED) is 0.571. The minimum Gasteiger partial charge on any atom is -0.298 e. The van der Waals surface area contributed by atoms with E-state index >= 15 is 0 Å². The monoisotopic (exact) mass is 161 g/mol. The van der Waals surface area contributed by atoms with E-state index in [-0.39, 0.29) is 5.41 Å². The summed E-state index contributed by atoms with van der Waals surface area (Å²) in [5, 5.41) is 0. The molecule has 2 rings (SSSR count). The van der Waals surface area contributed by atoms with Gasteiger partial charge >= 0.3 is 0 Å². The second-order valence-corrected chi connectivity index (χ2v) is 3.28. The number of hydrogen-bond acceptors (Lipinski definition) is 2. The molecule has 1 fully saturated rings. The zero-order chi connectivity index (χ0) is 8.60. The van der Waals surface area contributed by atoms with Gasteiger partial charge in [-0.3, -0.25) is 9.59 Å². The molecule has 1 unspecified atom stereocenters. The molecule has 1 atom stereocenters. The van der Waals surface area contributed by atoms with Crippen molar-refractivity contribution in [1.29, 1.82) is 0 Å². The van der Waals surface area contributed by atoms with Crippen LogP contribution < -0.4 is 0 Å². The first-order valence-electron chi connectivity index (χ1n) is 3.98. The Labute approximate surface area is 71.0 Å². The van der Waals surface area contributed by atoms with Gasteiger partial charge < -0.3 is 0 Å². The van der Waals surface area contributed by atoms with Crippen LogP contribution in [-0.2, 0) is 9.59 Å². The summed E-state index contributed by atoms with van der Waals surface area (Å²) in [6.45, 7) is 0. The molecule has 0 aromatic carbocycles. The van der Waals surface area contributed by atoms with Crippen molar-refractivity contribution in [2.75, 3.05) is 0 Å². The van der Waals surface area contributed by atoms with Gasteiger partial charge in [-0.05, 0) is 19.3 Å². The number of carbonyl (C=O) groups excluding carboxylic acids is 2. The van der Waals surface area contributed by atoms with Crippen molar-refractivity contribution >= 4 is 12.6 Å². The molecule has 1 saturated carbocycles. The molecule has 0 bridgehead atoms. The highest BCUT2D eigenvalue weighted by atomic mass is 16.1. The van der Waals surface area contributed by atoms with E-state index in [4.69, 9.17) is 0 Å². The number of aldehydes is 2. The van der Waals surface area contributed by atoms with Gasteiger partial charge in [-0.25, -0.2) is 0 Å². The summed E-state index contributed by atoms with van der Waals surface area (Å²) in [4.78, 5) is 21.3. The van der Waals surface area contributed by atoms with E-state index in [2.05, 4.69) is 6.42 Å². The largest absolute Gasteiger partial charge is 0.298 e. The maximum Gasteiger partial charge on any atom is 0.150 e. The standard InChI is InChI=1S/C10H9O2/c11-6-8-2-1-3-10(4-5-10)9(8)7-12/h1-2,4,6-7H,3,5H2. The Bertz CT molecular complexity index is 293. The van der Waals surface area contributed by atoms with Crippen molar-refractivity contribution < 1.29 is 9.59 Å². The molecule has 1 spiro atoms. The van der Waals surface area contributed by atoms with Crippen molar-refractivity contribution in [3.05, 3.63) is 29.7 Å². The SMILES string of the molecule is O=CC1=C(C=O)C2([CH]C2)CC=C1. The van der Waals surface area contributed by atoms with Crippen molar-refractivity contribution in [3.63, 3.8) is 0 Å². The minimum atomic E-state index is -0.0628. The molecule has 2 aliphatic carbocycles. The van der Waals surface area contributed by atoms with Crippen LogP contribution in [-0.4, -0.2) is 12.6 Å². The minimum absolute atomic E-state index is 0.0628. The number of carbonyl (C=O) groups is 2. The van der Waals surface area contributed by atoms with Crippen LogP contribution >= 0.6 is 0 Å². The lowest BCUT2D eigenvalue weighted by Crippen LogP contribution is -2.11. The Morgan fingerprint density at radius 1 is 1.25 bits per heavy atom. The summed E-state index contributed by atoms with van der Waals surface area (Å²) >= 11 is 0. The maximum atomic E-state index is 10.7. The van der Waals surface area contributed by atoms with Crippen LogP contribution in [0.1, 0.15) is 12.8 Å². The molecular formula is C10H9O2. The Balaban J connectivity index is 2.46. The molecule has 12 heavy (non-hydrogen) atoms. The summed E-state index contributed by atoms with van der Waals surface area (Å²) < 4.78 is 0. The smallest absolute Gasteiger partial charge is 0.150 e. The predicted molar refractivity (Wildman–Crippen MR) is 44.3 cm³/mol. The van der Waals surface area contributed by atoms with Crippen LogP contribution in [0.3, 0.4) is 0 Å². The molecule has 0 heterocycles. The molecular weight excluding hydrogens is 152 g/mol. The van der Waals surface area contributed by atoms with Crippen LogP contribution in [0, 0.1) is 11.8 Å². The Hall–Kier alpha value is -1.18. The van der Waals surface area contributed by atoms with Gasteiger partial charge in [0.25, 0.3) is 0 Å². The summed E-state index contributed by atoms with van der Waals surface area (Å²) in [6, 6.07) is 0. The van der Waals surface area contributed by atoms with Gasteiger partial charge in [-0.2, -0.15) is 0 Å². The summed E-state index contributed by atoms with van der Waals surface area (Å²) in [5.41, 5.74) is 1.15. The second kappa shape index (κ2) is 2.41. The Morgan fingerprint density at radius 2 is 2.00 bits per heavy atom. The highest BCUT2D eigenvalue weighted by Crippen LogP contribution is 2.55. The molecule has 2 nitrogen and oxygen atoms in total. The zero-order valence-electron chi connectivity index (χ0n) is 6.62. The van der Waals surface area contributed by atoms with Crippen molar-refractivity contribution in [2.45, 2.75) is 12.8 Å². The van der Waals surface area contributed by atoms with Gasteiger partial charge in [0.15, 0.2) is 0 Å². The van der Waals surface area contributed by atoms with Crippen molar-refractivity contribution in [1.82, 2.24) is 0 Å². The molecule has 0 N–H and O–H groups in total. The average Bonchev–Trinajstić information content (AvgIpc) is 2.85. The third-order valence-corrected chi connectivity index (χ3v) is 2.57. The zero-order valence-corrected chi connectivity index (χ0v) is 6.62. The molecule has 0 amide bonds. The number of hydrogen-bond donors (Lipinski definition) is 0. The van der Waals surface area contributed by atoms with Crippen LogP contribution in [0.15, 0.2) is 23.3 Å². The first-order valence-corrected chi connectivity index (χ1v) is 3.98. The molecule has 2 aliphatic rings. The van der Waals surface area contributed by atoms with E-state index < -0.39 is 0 Å². The van der Waals surface area contributed by atoms with Crippen LogP contribution in [0.5, 0.6) is 0 Å². The lowest BCUT2D eigenvalue weighted by molar-refractivity contribution is -0.107. The van der Waals surface area contributed by atoms with Crippen molar-refractivity contribution in [3.8, 4) is 0 Å². The van der Waals surface area contributed by atoms with Gasteiger partial charge in [0.2, 0.25) is 0 Å². The fraction of sp³-hybridized carbons (Fsp3) is 0.300. The molecule has 1 radical (unpaired) electrons. The van der Waals surface area contributed by atoms with E-state index in [0.717, 1.165) is 25.4 Å². The molecule has 0 saturated heterocycles. The van der Waals surface area contributed by atoms with Gasteiger partial charge in [0, 0.05) is 16.6 Å². The highest BCUT2D eigenvalue weighted by molar-refractivity contribution is 5.92. The fourth-order valence-corrected chi connectivity index (χ4v) is 1.68. The number of allylic oxidation sites excluding steroid dienone is 4. The summed E-state index contributed by atoms with van der Waals surface area (Å²) in [5.74, 6) is 0. The fourth-order valence-electron chi connectivity index (χ4n) is 1.68. The van der Waals surface area contributed by atoms with E-state index in [9.17, 15) is 9.59 Å². The lowest BCUT2D eigenvalue weighted by atomic mass is 9.85. The average molecular weight is 161 g/mol. The molecule has 0 aromatic heterocycles. The summed E-state index contributed by atoms with van der Waals surface area (Å²) in [6.07, 6.45) is 9.16. The van der Waals surface area contributed by atoms with E-state index in [1.54, 1.807) is 6.08 Å². The maximum absolute atomic E-state index is 10.7. The first kappa shape index (κ1) is 7.47. The van der Waals surface area contributed by atoms with Crippen LogP contribution in [0.2, 0.25) is 0 Å². The topological polar surface area (TPSA) is 34.1 Å². The van der Waals surface area contributed by atoms with Crippen LogP contribution in [0.25, 0.3) is 0 Å². The normalized spacial score (nSPS) is 24.3. The molecule has 0 aromatic rings. The number of rotatable bonds is 2. The van der Waals surface area contributed by atoms with Gasteiger partial charge in [-0.15, -0.1) is 0 Å². The Morgan fingerprint density at radius 3 is 2.50 bits per heavy atom. The molecule has 61 valence electrons. The summed E-state index contributed by atoms with van der Waals surface area (Å²) in [7, 11) is 0. The highest BCUT2D eigenvalue weighted by Gasteiger charge is 2.47. The van der Waals surface area contributed by atoms with Crippen molar-refractivity contribution in [2.24, 2.45) is 5.41 Å². The molecule has 2 heteroatoms. The second-order valence-electron chi connectivity index (χ2n) is 3.28. The molecule has 0 aliphatic heterocycles. The third kappa shape index (κ3) is 0.876. The predicted octanol–water partition coefficient (Wildman–Crippen LogP) is 1.24. The van der Waals surface area contributed by atoms with E-state index in [1.807, 2.05) is 6.08 Å². The third-order valence-electron chi connectivity index (χ3n) is 2.57. The van der Waals surface area contributed by atoms with Gasteiger partial charge in [0.1, 0.15) is 12.6 Å². The van der Waals surface area contributed by atoms with E-state index in [1.165, 1.54) is 0 Å². The van der Waals surface area contributed by atoms with E-state index in [0.29, 0.717) is 11.1 Å². The van der Waals surface area contributed by atoms with Gasteiger partial charge in [-0.1, -0.05) is 12.2 Å². The Kier molecular flexibility index (Phi) is 1.50.